The van der Waals surface area contributed by atoms with E-state index in [0.29, 0.717) is 62.6 Å². The number of anilines is 1. The van der Waals surface area contributed by atoms with Gasteiger partial charge in [-0.05, 0) is 49.6 Å². The molecule has 0 saturated carbocycles. The molecule has 0 atom stereocenters. The van der Waals surface area contributed by atoms with E-state index in [2.05, 4.69) is 11.1 Å². The topological polar surface area (TPSA) is 107 Å². The number of ether oxygens (including phenoxy) is 1. The van der Waals surface area contributed by atoms with Gasteiger partial charge in [-0.1, -0.05) is 0 Å². The molecule has 2 aliphatic heterocycles. The van der Waals surface area contributed by atoms with Crippen LogP contribution in [0.4, 0.5) is 5.82 Å². The molecule has 2 aromatic rings. The first-order valence-electron chi connectivity index (χ1n) is 11.0. The van der Waals surface area contributed by atoms with Gasteiger partial charge in [0, 0.05) is 51.0 Å². The molecular formula is C23H27N5O4S. The number of carbonyl (C=O) groups is 1. The summed E-state index contributed by atoms with van der Waals surface area (Å²) in [4.78, 5) is 21.4. The second-order valence-corrected chi connectivity index (χ2v) is 10.0. The Morgan fingerprint density at radius 1 is 1.06 bits per heavy atom. The molecule has 33 heavy (non-hydrogen) atoms. The molecule has 10 heteroatoms. The standard InChI is InChI=1S/C23H27N5O4S/c1-32-20-8-7-18(16-21(20)33(30,31)28-12-2-3-13-28)23(29)27-11-5-10-26(14-15-27)22-19(17-24)6-4-9-25-22/h4,6-9,16H,2-3,5,10-15H2,1H3. The van der Waals surface area contributed by atoms with E-state index in [0.717, 1.165) is 12.8 Å². The fraction of sp³-hybridized carbons (Fsp3) is 0.435. The Balaban J connectivity index is 1.55. The maximum Gasteiger partial charge on any atom is 0.253 e. The Morgan fingerprint density at radius 2 is 1.85 bits per heavy atom. The van der Waals surface area contributed by atoms with Crippen LogP contribution in [0.3, 0.4) is 0 Å². The lowest BCUT2D eigenvalue weighted by Crippen LogP contribution is -2.35. The van der Waals surface area contributed by atoms with Gasteiger partial charge in [0.25, 0.3) is 5.91 Å². The van der Waals surface area contributed by atoms with Crippen molar-refractivity contribution in [3.63, 3.8) is 0 Å². The van der Waals surface area contributed by atoms with Gasteiger partial charge < -0.3 is 14.5 Å². The molecule has 4 rings (SSSR count). The summed E-state index contributed by atoms with van der Waals surface area (Å²) in [5, 5.41) is 9.38. The molecule has 0 bridgehead atoms. The van der Waals surface area contributed by atoms with Crippen molar-refractivity contribution in [3.05, 3.63) is 47.7 Å². The molecule has 9 nitrogen and oxygen atoms in total. The molecule has 3 heterocycles. The minimum absolute atomic E-state index is 0.0290. The zero-order valence-corrected chi connectivity index (χ0v) is 19.4. The quantitative estimate of drug-likeness (QED) is 0.660. The van der Waals surface area contributed by atoms with Crippen molar-refractivity contribution >= 4 is 21.7 Å². The number of pyridine rings is 1. The number of nitriles is 1. The fourth-order valence-corrected chi connectivity index (χ4v) is 6.03. The number of aromatic nitrogens is 1. The first-order valence-corrected chi connectivity index (χ1v) is 12.5. The zero-order valence-electron chi connectivity index (χ0n) is 18.6. The average molecular weight is 470 g/mol. The number of amides is 1. The van der Waals surface area contributed by atoms with Crippen molar-refractivity contribution in [3.8, 4) is 11.8 Å². The van der Waals surface area contributed by atoms with Crippen molar-refractivity contribution in [2.45, 2.75) is 24.2 Å². The number of sulfonamides is 1. The maximum absolute atomic E-state index is 13.3. The van der Waals surface area contributed by atoms with Crippen LogP contribution < -0.4 is 9.64 Å². The fourth-order valence-electron chi connectivity index (χ4n) is 4.33. The van der Waals surface area contributed by atoms with E-state index in [1.807, 2.05) is 4.90 Å². The smallest absolute Gasteiger partial charge is 0.253 e. The lowest BCUT2D eigenvalue weighted by molar-refractivity contribution is 0.0766. The highest BCUT2D eigenvalue weighted by Crippen LogP contribution is 2.30. The highest BCUT2D eigenvalue weighted by atomic mass is 32.2. The molecule has 0 unspecified atom stereocenters. The van der Waals surface area contributed by atoms with E-state index in [4.69, 9.17) is 4.74 Å². The van der Waals surface area contributed by atoms with Crippen LogP contribution in [-0.4, -0.2) is 74.9 Å². The Morgan fingerprint density at radius 3 is 2.58 bits per heavy atom. The van der Waals surface area contributed by atoms with Crippen LogP contribution >= 0.6 is 0 Å². The molecule has 174 valence electrons. The van der Waals surface area contributed by atoms with Crippen LogP contribution in [0.25, 0.3) is 0 Å². The van der Waals surface area contributed by atoms with Crippen molar-refractivity contribution in [2.24, 2.45) is 0 Å². The molecule has 0 N–H and O–H groups in total. The number of benzene rings is 1. The summed E-state index contributed by atoms with van der Waals surface area (Å²) in [6.45, 7) is 3.14. The SMILES string of the molecule is COc1ccc(C(=O)N2CCCN(c3ncccc3C#N)CC2)cc1S(=O)(=O)N1CCCC1. The van der Waals surface area contributed by atoms with Crippen molar-refractivity contribution < 1.29 is 17.9 Å². The van der Waals surface area contributed by atoms with Gasteiger partial charge in [0.2, 0.25) is 10.0 Å². The van der Waals surface area contributed by atoms with E-state index < -0.39 is 10.0 Å². The minimum Gasteiger partial charge on any atom is -0.495 e. The van der Waals surface area contributed by atoms with Gasteiger partial charge in [-0.2, -0.15) is 9.57 Å². The molecule has 1 aromatic carbocycles. The predicted octanol–water partition coefficient (Wildman–Crippen LogP) is 2.10. The first-order chi connectivity index (χ1) is 16.0. The molecule has 2 aliphatic rings. The largest absolute Gasteiger partial charge is 0.495 e. The molecule has 1 aromatic heterocycles. The summed E-state index contributed by atoms with van der Waals surface area (Å²) >= 11 is 0. The Hall–Kier alpha value is -3.16. The average Bonchev–Trinajstić information content (AvgIpc) is 3.29. The molecule has 0 radical (unpaired) electrons. The van der Waals surface area contributed by atoms with Gasteiger partial charge in [-0.25, -0.2) is 13.4 Å². The summed E-state index contributed by atoms with van der Waals surface area (Å²) in [6.07, 6.45) is 4.02. The van der Waals surface area contributed by atoms with E-state index in [-0.39, 0.29) is 16.6 Å². The molecule has 1 amide bonds. The summed E-state index contributed by atoms with van der Waals surface area (Å²) < 4.78 is 33.1. The summed E-state index contributed by atoms with van der Waals surface area (Å²) in [5.41, 5.74) is 0.821. The highest BCUT2D eigenvalue weighted by molar-refractivity contribution is 7.89. The van der Waals surface area contributed by atoms with Crippen LogP contribution in [-0.2, 0) is 10.0 Å². The molecule has 0 spiro atoms. The summed E-state index contributed by atoms with van der Waals surface area (Å²) in [7, 11) is -2.31. The van der Waals surface area contributed by atoms with E-state index >= 15 is 0 Å². The monoisotopic (exact) mass is 469 g/mol. The second kappa shape index (κ2) is 9.77. The molecule has 2 fully saturated rings. The summed E-state index contributed by atoms with van der Waals surface area (Å²) in [6, 6.07) is 10.2. The van der Waals surface area contributed by atoms with Gasteiger partial charge in [0.05, 0.1) is 12.7 Å². The Labute approximate surface area is 194 Å². The number of rotatable bonds is 5. The molecular weight excluding hydrogens is 442 g/mol. The number of carbonyl (C=O) groups excluding carboxylic acids is 1. The molecule has 0 aliphatic carbocycles. The Bertz CT molecular complexity index is 1170. The third kappa shape index (κ3) is 4.65. The highest BCUT2D eigenvalue weighted by Gasteiger charge is 2.31. The van der Waals surface area contributed by atoms with Crippen LogP contribution in [0, 0.1) is 11.3 Å². The van der Waals surface area contributed by atoms with Gasteiger partial charge >= 0.3 is 0 Å². The van der Waals surface area contributed by atoms with Crippen molar-refractivity contribution in [1.82, 2.24) is 14.2 Å². The lowest BCUT2D eigenvalue weighted by atomic mass is 10.2. The van der Waals surface area contributed by atoms with E-state index in [1.54, 1.807) is 35.4 Å². The number of hydrogen-bond acceptors (Lipinski definition) is 7. The number of nitrogens with zero attached hydrogens (tertiary/aromatic N) is 5. The second-order valence-electron chi connectivity index (χ2n) is 8.10. The number of methoxy groups -OCH3 is 1. The number of hydrogen-bond donors (Lipinski definition) is 0. The maximum atomic E-state index is 13.3. The van der Waals surface area contributed by atoms with Gasteiger partial charge in [-0.3, -0.25) is 4.79 Å². The van der Waals surface area contributed by atoms with Gasteiger partial charge in [0.15, 0.2) is 0 Å². The van der Waals surface area contributed by atoms with Crippen molar-refractivity contribution in [2.75, 3.05) is 51.3 Å². The lowest BCUT2D eigenvalue weighted by Gasteiger charge is -2.24. The van der Waals surface area contributed by atoms with Gasteiger partial charge in [-0.15, -0.1) is 0 Å². The van der Waals surface area contributed by atoms with Gasteiger partial charge in [0.1, 0.15) is 22.5 Å². The minimum atomic E-state index is -3.74. The van der Waals surface area contributed by atoms with Crippen LogP contribution in [0.1, 0.15) is 35.2 Å². The van der Waals surface area contributed by atoms with Crippen LogP contribution in [0.5, 0.6) is 5.75 Å². The predicted molar refractivity (Wildman–Crippen MR) is 123 cm³/mol. The van der Waals surface area contributed by atoms with E-state index in [9.17, 15) is 18.5 Å². The van der Waals surface area contributed by atoms with E-state index in [1.165, 1.54) is 17.5 Å². The summed E-state index contributed by atoms with van der Waals surface area (Å²) in [5.74, 6) is 0.635. The van der Waals surface area contributed by atoms with Crippen LogP contribution in [0.15, 0.2) is 41.4 Å². The third-order valence-electron chi connectivity index (χ3n) is 6.08. The van der Waals surface area contributed by atoms with Crippen LogP contribution in [0.2, 0.25) is 0 Å². The normalized spacial score (nSPS) is 17.5. The first kappa shape index (κ1) is 23.0. The molecule has 2 saturated heterocycles. The Kier molecular flexibility index (Phi) is 6.81. The third-order valence-corrected chi connectivity index (χ3v) is 8.00. The van der Waals surface area contributed by atoms with Crippen molar-refractivity contribution in [1.29, 1.82) is 5.26 Å². The zero-order chi connectivity index (χ0) is 23.4.